The van der Waals surface area contributed by atoms with E-state index in [2.05, 4.69) is 31.1 Å². The Balaban J connectivity index is 2.01. The van der Waals surface area contributed by atoms with Gasteiger partial charge >= 0.3 is 0 Å². The Bertz CT molecular complexity index is 273. The lowest BCUT2D eigenvalue weighted by Gasteiger charge is -2.47. The monoisotopic (exact) mass is 280 g/mol. The van der Waals surface area contributed by atoms with E-state index in [1.807, 2.05) is 0 Å². The molecule has 0 amide bonds. The third-order valence-corrected chi connectivity index (χ3v) is 5.65. The van der Waals surface area contributed by atoms with Crippen LogP contribution in [0.15, 0.2) is 0 Å². The molecule has 2 aliphatic rings. The van der Waals surface area contributed by atoms with Crippen molar-refractivity contribution >= 4 is 0 Å². The molecule has 20 heavy (non-hydrogen) atoms. The zero-order valence-corrected chi connectivity index (χ0v) is 14.1. The molecule has 1 heterocycles. The van der Waals surface area contributed by atoms with Crippen LogP contribution in [0.25, 0.3) is 0 Å². The van der Waals surface area contributed by atoms with Crippen LogP contribution in [0, 0.1) is 11.3 Å². The predicted octanol–water partition coefficient (Wildman–Crippen LogP) is 4.06. The quantitative estimate of drug-likeness (QED) is 0.789. The summed E-state index contributed by atoms with van der Waals surface area (Å²) >= 11 is 0. The van der Waals surface area contributed by atoms with Gasteiger partial charge in [-0.15, -0.1) is 0 Å². The van der Waals surface area contributed by atoms with Crippen LogP contribution < -0.4 is 5.32 Å². The Morgan fingerprint density at radius 3 is 2.75 bits per heavy atom. The van der Waals surface area contributed by atoms with Gasteiger partial charge in [0.1, 0.15) is 0 Å². The van der Waals surface area contributed by atoms with Crippen LogP contribution in [0.5, 0.6) is 0 Å². The van der Waals surface area contributed by atoms with Crippen molar-refractivity contribution < 1.29 is 0 Å². The van der Waals surface area contributed by atoms with E-state index in [9.17, 15) is 0 Å². The van der Waals surface area contributed by atoms with Crippen LogP contribution in [0.3, 0.4) is 0 Å². The predicted molar refractivity (Wildman–Crippen MR) is 88.1 cm³/mol. The molecule has 0 aromatic heterocycles. The van der Waals surface area contributed by atoms with E-state index in [0.29, 0.717) is 5.41 Å². The molecule has 1 N–H and O–H groups in total. The maximum absolute atomic E-state index is 3.51. The summed E-state index contributed by atoms with van der Waals surface area (Å²) in [6.45, 7) is 8.72. The fraction of sp³-hybridized carbons (Fsp3) is 1.00. The van der Waals surface area contributed by atoms with Crippen molar-refractivity contribution in [3.8, 4) is 0 Å². The van der Waals surface area contributed by atoms with Gasteiger partial charge in [-0.05, 0) is 57.0 Å². The Morgan fingerprint density at radius 1 is 1.20 bits per heavy atom. The summed E-state index contributed by atoms with van der Waals surface area (Å²) in [7, 11) is 2.14. The van der Waals surface area contributed by atoms with Crippen molar-refractivity contribution in [2.45, 2.75) is 77.7 Å². The highest BCUT2D eigenvalue weighted by Gasteiger charge is 2.37. The molecule has 0 bridgehead atoms. The second-order valence-corrected chi connectivity index (χ2v) is 7.64. The number of nitrogens with zero attached hydrogens (tertiary/aromatic N) is 1. The number of hydrogen-bond donors (Lipinski definition) is 1. The summed E-state index contributed by atoms with van der Waals surface area (Å²) < 4.78 is 0. The van der Waals surface area contributed by atoms with Crippen molar-refractivity contribution in [1.82, 2.24) is 10.2 Å². The highest BCUT2D eigenvalue weighted by Crippen LogP contribution is 2.40. The van der Waals surface area contributed by atoms with Crippen LogP contribution in [0.1, 0.15) is 71.6 Å². The average molecular weight is 280 g/mol. The molecule has 1 aliphatic carbocycles. The molecule has 2 heteroatoms. The van der Waals surface area contributed by atoms with E-state index < -0.39 is 0 Å². The minimum absolute atomic E-state index is 0.551. The lowest BCUT2D eigenvalue weighted by molar-refractivity contribution is 0.0397. The van der Waals surface area contributed by atoms with Gasteiger partial charge in [0.25, 0.3) is 0 Å². The van der Waals surface area contributed by atoms with Gasteiger partial charge in [-0.3, -0.25) is 4.90 Å². The standard InChI is InChI=1S/C18H36N2/c1-4-8-17-10-5-6-12-20(17)15-18(14-19-3)11-7-9-16(2)13-18/h16-17,19H,4-15H2,1-3H3. The maximum Gasteiger partial charge on any atom is 0.00954 e. The fourth-order valence-corrected chi connectivity index (χ4v) is 4.86. The average Bonchev–Trinajstić information content (AvgIpc) is 2.41. The third-order valence-electron chi connectivity index (χ3n) is 5.65. The molecule has 2 nitrogen and oxygen atoms in total. The van der Waals surface area contributed by atoms with E-state index in [1.165, 1.54) is 77.4 Å². The lowest BCUT2D eigenvalue weighted by Crippen LogP contribution is -2.50. The van der Waals surface area contributed by atoms with E-state index in [4.69, 9.17) is 0 Å². The topological polar surface area (TPSA) is 15.3 Å². The molecular weight excluding hydrogens is 244 g/mol. The van der Waals surface area contributed by atoms with E-state index in [-0.39, 0.29) is 0 Å². The SMILES string of the molecule is CCCC1CCCCN1CC1(CNC)CCCC(C)C1. The van der Waals surface area contributed by atoms with Gasteiger partial charge in [-0.25, -0.2) is 0 Å². The molecule has 1 aliphatic heterocycles. The summed E-state index contributed by atoms with van der Waals surface area (Å²) in [5, 5.41) is 3.51. The zero-order chi connectivity index (χ0) is 14.4. The molecule has 2 fully saturated rings. The normalized spacial score (nSPS) is 36.1. The van der Waals surface area contributed by atoms with Crippen molar-refractivity contribution in [2.24, 2.45) is 11.3 Å². The molecule has 3 atom stereocenters. The fourth-order valence-electron chi connectivity index (χ4n) is 4.86. The van der Waals surface area contributed by atoms with Crippen LogP contribution in [0.2, 0.25) is 0 Å². The van der Waals surface area contributed by atoms with Crippen LogP contribution in [-0.4, -0.2) is 37.6 Å². The number of piperidine rings is 1. The Hall–Kier alpha value is -0.0800. The summed E-state index contributed by atoms with van der Waals surface area (Å²) in [6.07, 6.45) is 12.8. The van der Waals surface area contributed by atoms with Crippen molar-refractivity contribution in [1.29, 1.82) is 0 Å². The smallest absolute Gasteiger partial charge is 0.00954 e. The van der Waals surface area contributed by atoms with Gasteiger partial charge in [0.05, 0.1) is 0 Å². The van der Waals surface area contributed by atoms with E-state index >= 15 is 0 Å². The number of hydrogen-bond acceptors (Lipinski definition) is 2. The molecule has 1 saturated carbocycles. The van der Waals surface area contributed by atoms with Crippen LogP contribution in [-0.2, 0) is 0 Å². The molecule has 0 aromatic rings. The molecule has 0 radical (unpaired) electrons. The first-order valence-electron chi connectivity index (χ1n) is 9.08. The Labute approximate surface area is 126 Å². The Kier molecular flexibility index (Phi) is 6.35. The van der Waals surface area contributed by atoms with Gasteiger partial charge in [0, 0.05) is 19.1 Å². The first-order valence-corrected chi connectivity index (χ1v) is 9.08. The van der Waals surface area contributed by atoms with Gasteiger partial charge in [0.2, 0.25) is 0 Å². The second kappa shape index (κ2) is 7.79. The van der Waals surface area contributed by atoms with Crippen molar-refractivity contribution in [2.75, 3.05) is 26.7 Å². The summed E-state index contributed by atoms with van der Waals surface area (Å²) in [4.78, 5) is 2.86. The van der Waals surface area contributed by atoms with E-state index in [1.54, 1.807) is 0 Å². The van der Waals surface area contributed by atoms with Crippen LogP contribution in [0.4, 0.5) is 0 Å². The Morgan fingerprint density at radius 2 is 2.05 bits per heavy atom. The molecule has 1 saturated heterocycles. The van der Waals surface area contributed by atoms with Crippen molar-refractivity contribution in [3.05, 3.63) is 0 Å². The highest BCUT2D eigenvalue weighted by atomic mass is 15.2. The molecule has 118 valence electrons. The minimum atomic E-state index is 0.551. The summed E-state index contributed by atoms with van der Waals surface area (Å²) in [5.74, 6) is 0.923. The molecule has 2 rings (SSSR count). The molecule has 0 aromatic carbocycles. The van der Waals surface area contributed by atoms with Crippen LogP contribution >= 0.6 is 0 Å². The number of nitrogens with one attached hydrogen (secondary N) is 1. The minimum Gasteiger partial charge on any atom is -0.319 e. The van der Waals surface area contributed by atoms with Gasteiger partial charge in [-0.1, -0.05) is 39.5 Å². The molecular formula is C18H36N2. The lowest BCUT2D eigenvalue weighted by atomic mass is 9.69. The molecule has 0 spiro atoms. The van der Waals surface area contributed by atoms with Crippen molar-refractivity contribution in [3.63, 3.8) is 0 Å². The van der Waals surface area contributed by atoms with Gasteiger partial charge < -0.3 is 5.32 Å². The number of rotatable bonds is 6. The zero-order valence-electron chi connectivity index (χ0n) is 14.1. The number of likely N-dealkylation sites (tertiary alicyclic amines) is 1. The molecule has 3 unspecified atom stereocenters. The summed E-state index contributed by atoms with van der Waals surface area (Å²) in [6, 6.07) is 0.875. The summed E-state index contributed by atoms with van der Waals surface area (Å²) in [5.41, 5.74) is 0.551. The largest absolute Gasteiger partial charge is 0.319 e. The van der Waals surface area contributed by atoms with E-state index in [0.717, 1.165) is 12.0 Å². The maximum atomic E-state index is 3.51. The highest BCUT2D eigenvalue weighted by molar-refractivity contribution is 4.92. The third kappa shape index (κ3) is 4.21. The first-order chi connectivity index (χ1) is 9.69. The van der Waals surface area contributed by atoms with Gasteiger partial charge in [0.15, 0.2) is 0 Å². The second-order valence-electron chi connectivity index (χ2n) is 7.64. The first kappa shape index (κ1) is 16.3. The van der Waals surface area contributed by atoms with Gasteiger partial charge in [-0.2, -0.15) is 0 Å².